The molecule has 4 heteroatoms. The Hall–Kier alpha value is -1.94. The molecular weight excluding hydrogens is 218 g/mol. The zero-order chi connectivity index (χ0) is 12.1. The van der Waals surface area contributed by atoms with E-state index in [1.54, 1.807) is 13.2 Å². The van der Waals surface area contributed by atoms with Crippen molar-refractivity contribution >= 4 is 17.2 Å². The summed E-state index contributed by atoms with van der Waals surface area (Å²) in [6, 6.07) is 9.20. The minimum Gasteiger partial charge on any atom is -0.489 e. The molecule has 88 valence electrons. The lowest BCUT2D eigenvalue weighted by Gasteiger charge is -2.08. The van der Waals surface area contributed by atoms with Crippen LogP contribution in [0.15, 0.2) is 30.3 Å². The van der Waals surface area contributed by atoms with Gasteiger partial charge in [-0.1, -0.05) is 18.2 Å². The largest absolute Gasteiger partial charge is 0.489 e. The van der Waals surface area contributed by atoms with Crippen molar-refractivity contribution in [1.29, 1.82) is 0 Å². The van der Waals surface area contributed by atoms with E-state index >= 15 is 0 Å². The number of carbonyl (C=O) groups excluding carboxylic acids is 1. The number of hydrogen-bond donors (Lipinski definition) is 0. The van der Waals surface area contributed by atoms with Crippen LogP contribution in [0.1, 0.15) is 10.5 Å². The maximum Gasteiger partial charge on any atom is 0.168 e. The van der Waals surface area contributed by atoms with Gasteiger partial charge in [-0.15, -0.1) is 0 Å². The second-order valence-electron chi connectivity index (χ2n) is 3.52. The average Bonchev–Trinajstić information content (AvgIpc) is 2.39. The standard InChI is InChI=1S/C13H13NO3/c1-16-7-8-17-12-4-2-3-10-5-6-11(9-15)14-13(10)12/h2-6,9H,7-8H2,1H3. The van der Waals surface area contributed by atoms with E-state index in [2.05, 4.69) is 4.98 Å². The molecule has 0 bridgehead atoms. The highest BCUT2D eigenvalue weighted by molar-refractivity contribution is 5.87. The summed E-state index contributed by atoms with van der Waals surface area (Å²) in [7, 11) is 1.62. The molecule has 0 atom stereocenters. The first kappa shape index (κ1) is 11.5. The van der Waals surface area contributed by atoms with E-state index in [0.29, 0.717) is 30.2 Å². The highest BCUT2D eigenvalue weighted by Gasteiger charge is 2.04. The Balaban J connectivity index is 2.36. The molecule has 0 unspecified atom stereocenters. The molecule has 1 aromatic heterocycles. The monoisotopic (exact) mass is 231 g/mol. The molecule has 0 spiro atoms. The SMILES string of the molecule is COCCOc1cccc2ccc(C=O)nc12. The van der Waals surface area contributed by atoms with Gasteiger partial charge in [0.15, 0.2) is 6.29 Å². The molecule has 0 N–H and O–H groups in total. The van der Waals surface area contributed by atoms with E-state index < -0.39 is 0 Å². The van der Waals surface area contributed by atoms with E-state index in [9.17, 15) is 4.79 Å². The number of fused-ring (bicyclic) bond motifs is 1. The Labute approximate surface area is 99.2 Å². The summed E-state index contributed by atoms with van der Waals surface area (Å²) < 4.78 is 10.5. The highest BCUT2D eigenvalue weighted by atomic mass is 16.5. The van der Waals surface area contributed by atoms with Crippen LogP contribution in [0.2, 0.25) is 0 Å². The molecule has 1 heterocycles. The molecule has 1 aromatic carbocycles. The van der Waals surface area contributed by atoms with E-state index in [4.69, 9.17) is 9.47 Å². The van der Waals surface area contributed by atoms with E-state index in [1.807, 2.05) is 24.3 Å². The predicted molar refractivity (Wildman–Crippen MR) is 64.5 cm³/mol. The fourth-order valence-corrected chi connectivity index (χ4v) is 1.55. The van der Waals surface area contributed by atoms with Crippen molar-refractivity contribution in [3.8, 4) is 5.75 Å². The number of nitrogens with zero attached hydrogens (tertiary/aromatic N) is 1. The van der Waals surface area contributed by atoms with Crippen LogP contribution >= 0.6 is 0 Å². The number of carbonyl (C=O) groups is 1. The molecule has 2 aromatic rings. The van der Waals surface area contributed by atoms with Gasteiger partial charge in [0.1, 0.15) is 23.6 Å². The van der Waals surface area contributed by atoms with Gasteiger partial charge in [-0.25, -0.2) is 4.98 Å². The fraction of sp³-hybridized carbons (Fsp3) is 0.231. The lowest BCUT2D eigenvalue weighted by atomic mass is 10.2. The van der Waals surface area contributed by atoms with Gasteiger partial charge in [0, 0.05) is 12.5 Å². The minimum atomic E-state index is 0.403. The summed E-state index contributed by atoms with van der Waals surface area (Å²) in [5.41, 5.74) is 1.11. The summed E-state index contributed by atoms with van der Waals surface area (Å²) >= 11 is 0. The number of rotatable bonds is 5. The van der Waals surface area contributed by atoms with E-state index in [0.717, 1.165) is 11.7 Å². The number of pyridine rings is 1. The Morgan fingerprint density at radius 3 is 2.88 bits per heavy atom. The maximum absolute atomic E-state index is 10.7. The number of hydrogen-bond acceptors (Lipinski definition) is 4. The predicted octanol–water partition coefficient (Wildman–Crippen LogP) is 2.07. The molecular formula is C13H13NO3. The summed E-state index contributed by atoms with van der Waals surface area (Å²) in [5.74, 6) is 0.670. The van der Waals surface area contributed by atoms with Gasteiger partial charge in [-0.3, -0.25) is 4.79 Å². The van der Waals surface area contributed by atoms with Crippen LogP contribution in [0.5, 0.6) is 5.75 Å². The molecule has 0 saturated carbocycles. The molecule has 0 saturated heterocycles. The number of aromatic nitrogens is 1. The Morgan fingerprint density at radius 1 is 1.24 bits per heavy atom. The molecule has 0 radical (unpaired) electrons. The van der Waals surface area contributed by atoms with Crippen LogP contribution in [0, 0.1) is 0 Å². The number of methoxy groups -OCH3 is 1. The zero-order valence-electron chi connectivity index (χ0n) is 9.55. The van der Waals surface area contributed by atoms with Crippen molar-refractivity contribution in [2.24, 2.45) is 0 Å². The molecule has 0 aliphatic heterocycles. The summed E-state index contributed by atoms with van der Waals surface area (Å²) in [6.45, 7) is 0.979. The van der Waals surface area contributed by atoms with Crippen molar-refractivity contribution in [2.45, 2.75) is 0 Å². The summed E-state index contributed by atoms with van der Waals surface area (Å²) in [6.07, 6.45) is 0.728. The molecule has 0 fully saturated rings. The highest BCUT2D eigenvalue weighted by Crippen LogP contribution is 2.23. The third kappa shape index (κ3) is 2.60. The average molecular weight is 231 g/mol. The number of benzene rings is 1. The van der Waals surface area contributed by atoms with Crippen LogP contribution in [-0.4, -0.2) is 31.6 Å². The first-order valence-electron chi connectivity index (χ1n) is 5.32. The first-order chi connectivity index (χ1) is 8.35. The third-order valence-electron chi connectivity index (χ3n) is 2.37. The minimum absolute atomic E-state index is 0.403. The van der Waals surface area contributed by atoms with E-state index in [-0.39, 0.29) is 0 Å². The summed E-state index contributed by atoms with van der Waals surface area (Å²) in [5, 5.41) is 0.950. The normalized spacial score (nSPS) is 10.4. The smallest absolute Gasteiger partial charge is 0.168 e. The Bertz CT molecular complexity index is 525. The van der Waals surface area contributed by atoms with Gasteiger partial charge in [0.05, 0.1) is 6.61 Å². The Kier molecular flexibility index (Phi) is 3.67. The van der Waals surface area contributed by atoms with Crippen molar-refractivity contribution in [3.05, 3.63) is 36.0 Å². The topological polar surface area (TPSA) is 48.4 Å². The lowest BCUT2D eigenvalue weighted by molar-refractivity contribution is 0.111. The van der Waals surface area contributed by atoms with Crippen LogP contribution in [-0.2, 0) is 4.74 Å². The van der Waals surface area contributed by atoms with Crippen LogP contribution in [0.4, 0.5) is 0 Å². The van der Waals surface area contributed by atoms with Crippen molar-refractivity contribution in [1.82, 2.24) is 4.98 Å². The van der Waals surface area contributed by atoms with Crippen LogP contribution in [0.3, 0.4) is 0 Å². The van der Waals surface area contributed by atoms with Crippen LogP contribution < -0.4 is 4.74 Å². The van der Waals surface area contributed by atoms with Crippen LogP contribution in [0.25, 0.3) is 10.9 Å². The third-order valence-corrected chi connectivity index (χ3v) is 2.37. The van der Waals surface area contributed by atoms with Gasteiger partial charge in [0.25, 0.3) is 0 Å². The Morgan fingerprint density at radius 2 is 2.12 bits per heavy atom. The van der Waals surface area contributed by atoms with Gasteiger partial charge in [0.2, 0.25) is 0 Å². The second-order valence-corrected chi connectivity index (χ2v) is 3.52. The quantitative estimate of drug-likeness (QED) is 0.584. The zero-order valence-corrected chi connectivity index (χ0v) is 9.55. The number of ether oxygens (including phenoxy) is 2. The van der Waals surface area contributed by atoms with Gasteiger partial charge >= 0.3 is 0 Å². The van der Waals surface area contributed by atoms with Gasteiger partial charge in [-0.2, -0.15) is 0 Å². The molecule has 17 heavy (non-hydrogen) atoms. The molecule has 0 aliphatic rings. The second kappa shape index (κ2) is 5.41. The summed E-state index contributed by atoms with van der Waals surface area (Å²) in [4.78, 5) is 14.9. The molecule has 4 nitrogen and oxygen atoms in total. The number of aldehydes is 1. The van der Waals surface area contributed by atoms with Gasteiger partial charge in [-0.05, 0) is 12.1 Å². The fourth-order valence-electron chi connectivity index (χ4n) is 1.55. The molecule has 2 rings (SSSR count). The van der Waals surface area contributed by atoms with E-state index in [1.165, 1.54) is 0 Å². The lowest BCUT2D eigenvalue weighted by Crippen LogP contribution is -2.05. The molecule has 0 aliphatic carbocycles. The van der Waals surface area contributed by atoms with Crippen molar-refractivity contribution < 1.29 is 14.3 Å². The maximum atomic E-state index is 10.7. The molecule has 0 amide bonds. The van der Waals surface area contributed by atoms with Gasteiger partial charge < -0.3 is 9.47 Å². The van der Waals surface area contributed by atoms with Crippen molar-refractivity contribution in [3.63, 3.8) is 0 Å². The number of para-hydroxylation sites is 1. The first-order valence-corrected chi connectivity index (χ1v) is 5.32. The van der Waals surface area contributed by atoms with Crippen molar-refractivity contribution in [2.75, 3.05) is 20.3 Å².